The van der Waals surface area contributed by atoms with Crippen molar-refractivity contribution in [2.75, 3.05) is 46.9 Å². The molecule has 2 heterocycles. The third kappa shape index (κ3) is 4.71. The van der Waals surface area contributed by atoms with Crippen molar-refractivity contribution in [2.24, 2.45) is 5.41 Å². The van der Waals surface area contributed by atoms with E-state index in [1.807, 2.05) is 0 Å². The van der Waals surface area contributed by atoms with Crippen LogP contribution in [0.25, 0.3) is 0 Å². The molecule has 2 saturated heterocycles. The summed E-state index contributed by atoms with van der Waals surface area (Å²) in [5.41, 5.74) is 0.572. The number of hydrogen-bond acceptors (Lipinski definition) is 3. The zero-order valence-electron chi connectivity index (χ0n) is 14.4. The second-order valence-electron chi connectivity index (χ2n) is 7.48. The Morgan fingerprint density at radius 3 is 2.76 bits per heavy atom. The maximum atomic E-state index is 6.05. The van der Waals surface area contributed by atoms with E-state index >= 15 is 0 Å². The van der Waals surface area contributed by atoms with Gasteiger partial charge >= 0.3 is 0 Å². The lowest BCUT2D eigenvalue weighted by Gasteiger charge is -2.50. The van der Waals surface area contributed by atoms with E-state index in [1.54, 1.807) is 0 Å². The van der Waals surface area contributed by atoms with E-state index in [0.29, 0.717) is 5.41 Å². The van der Waals surface area contributed by atoms with Crippen LogP contribution in [-0.2, 0) is 4.74 Å². The van der Waals surface area contributed by atoms with Crippen LogP contribution in [-0.4, -0.2) is 62.3 Å². The molecular formula is C18H32N2O. The van der Waals surface area contributed by atoms with Crippen molar-refractivity contribution >= 4 is 0 Å². The molecule has 0 aromatic rings. The van der Waals surface area contributed by atoms with E-state index in [0.717, 1.165) is 26.1 Å². The lowest BCUT2D eigenvalue weighted by Crippen LogP contribution is -2.51. The molecule has 2 aliphatic rings. The average molecular weight is 292 g/mol. The smallest absolute Gasteiger partial charge is 0.0657 e. The van der Waals surface area contributed by atoms with Crippen LogP contribution in [0.15, 0.2) is 0 Å². The molecule has 2 rings (SSSR count). The highest BCUT2D eigenvalue weighted by atomic mass is 16.5. The average Bonchev–Trinajstić information content (AvgIpc) is 2.43. The standard InChI is InChI=1S/C18H32N2O/c1-5-17(2)15-18(10-14-21-17)9-8-13-20(16-18)12-7-6-11-19(3)4/h5,8-16H2,1-4H3/t17-,18+/m0/s1. The van der Waals surface area contributed by atoms with Crippen LogP contribution < -0.4 is 0 Å². The SMILES string of the molecule is CC[C@@]1(C)C[C@@]2(CCCN(CC#CCN(C)C)C2)CCO1. The molecule has 0 aromatic carbocycles. The number of likely N-dealkylation sites (tertiary alicyclic amines) is 1. The van der Waals surface area contributed by atoms with Crippen molar-refractivity contribution in [1.29, 1.82) is 0 Å². The molecule has 0 saturated carbocycles. The highest BCUT2D eigenvalue weighted by Crippen LogP contribution is 2.45. The minimum Gasteiger partial charge on any atom is -0.375 e. The molecule has 120 valence electrons. The van der Waals surface area contributed by atoms with Gasteiger partial charge in [-0.25, -0.2) is 0 Å². The normalized spacial score (nSPS) is 34.0. The molecule has 3 heteroatoms. The number of ether oxygens (including phenoxy) is 1. The van der Waals surface area contributed by atoms with Crippen molar-refractivity contribution in [3.05, 3.63) is 0 Å². The molecule has 3 nitrogen and oxygen atoms in total. The van der Waals surface area contributed by atoms with Crippen molar-refractivity contribution < 1.29 is 4.74 Å². The summed E-state index contributed by atoms with van der Waals surface area (Å²) >= 11 is 0. The highest BCUT2D eigenvalue weighted by Gasteiger charge is 2.44. The first kappa shape index (κ1) is 16.8. The molecule has 2 fully saturated rings. The van der Waals surface area contributed by atoms with Gasteiger partial charge in [-0.15, -0.1) is 0 Å². The van der Waals surface area contributed by atoms with E-state index in [-0.39, 0.29) is 5.60 Å². The van der Waals surface area contributed by atoms with E-state index in [4.69, 9.17) is 4.74 Å². The second-order valence-corrected chi connectivity index (χ2v) is 7.48. The predicted octanol–water partition coefficient (Wildman–Crippen LogP) is 2.61. The number of hydrogen-bond donors (Lipinski definition) is 0. The van der Waals surface area contributed by atoms with Crippen LogP contribution in [0.1, 0.15) is 46.0 Å². The fraction of sp³-hybridized carbons (Fsp3) is 0.889. The third-order valence-electron chi connectivity index (χ3n) is 5.14. The number of rotatable bonds is 3. The summed E-state index contributed by atoms with van der Waals surface area (Å²) in [7, 11) is 4.14. The minimum atomic E-state index is 0.0951. The van der Waals surface area contributed by atoms with Crippen LogP contribution in [0, 0.1) is 17.3 Å². The van der Waals surface area contributed by atoms with Crippen LogP contribution in [0.4, 0.5) is 0 Å². The fourth-order valence-corrected chi connectivity index (χ4v) is 3.85. The minimum absolute atomic E-state index is 0.0951. The zero-order valence-corrected chi connectivity index (χ0v) is 14.4. The molecule has 2 aliphatic heterocycles. The lowest BCUT2D eigenvalue weighted by atomic mass is 9.68. The van der Waals surface area contributed by atoms with Crippen molar-refractivity contribution in [1.82, 2.24) is 9.80 Å². The van der Waals surface area contributed by atoms with Gasteiger partial charge in [0.1, 0.15) is 0 Å². The Bertz CT molecular complexity index is 394. The first-order valence-electron chi connectivity index (χ1n) is 8.44. The monoisotopic (exact) mass is 292 g/mol. The van der Waals surface area contributed by atoms with Gasteiger partial charge < -0.3 is 4.74 Å². The van der Waals surface area contributed by atoms with Crippen molar-refractivity contribution in [2.45, 2.75) is 51.6 Å². The summed E-state index contributed by atoms with van der Waals surface area (Å²) in [6.45, 7) is 9.70. The summed E-state index contributed by atoms with van der Waals surface area (Å²) in [6.07, 6.45) is 6.25. The van der Waals surface area contributed by atoms with E-state index in [2.05, 4.69) is 49.6 Å². The molecule has 0 radical (unpaired) electrons. The molecule has 2 atom stereocenters. The Kier molecular flexibility index (Phi) is 5.71. The van der Waals surface area contributed by atoms with Crippen LogP contribution >= 0.6 is 0 Å². The predicted molar refractivity (Wildman–Crippen MR) is 88.3 cm³/mol. The largest absolute Gasteiger partial charge is 0.375 e. The lowest BCUT2D eigenvalue weighted by molar-refractivity contribution is -0.132. The summed E-state index contributed by atoms with van der Waals surface area (Å²) in [5.74, 6) is 6.61. The molecule has 0 unspecified atom stereocenters. The topological polar surface area (TPSA) is 15.7 Å². The Morgan fingerprint density at radius 2 is 2.05 bits per heavy atom. The maximum absolute atomic E-state index is 6.05. The van der Waals surface area contributed by atoms with E-state index in [1.165, 1.54) is 38.8 Å². The molecule has 0 amide bonds. The van der Waals surface area contributed by atoms with Gasteiger partial charge in [-0.3, -0.25) is 9.80 Å². The second kappa shape index (κ2) is 7.13. The van der Waals surface area contributed by atoms with Gasteiger partial charge in [0.05, 0.1) is 18.7 Å². The fourth-order valence-electron chi connectivity index (χ4n) is 3.85. The van der Waals surface area contributed by atoms with E-state index < -0.39 is 0 Å². The van der Waals surface area contributed by atoms with Crippen LogP contribution in [0.2, 0.25) is 0 Å². The number of piperidine rings is 1. The first-order chi connectivity index (χ1) is 9.97. The Morgan fingerprint density at radius 1 is 1.24 bits per heavy atom. The summed E-state index contributed by atoms with van der Waals surface area (Å²) in [5, 5.41) is 0. The Hall–Kier alpha value is -0.560. The molecule has 0 aliphatic carbocycles. The molecular weight excluding hydrogens is 260 g/mol. The van der Waals surface area contributed by atoms with Gasteiger partial charge in [-0.1, -0.05) is 18.8 Å². The van der Waals surface area contributed by atoms with Gasteiger partial charge in [0, 0.05) is 13.2 Å². The van der Waals surface area contributed by atoms with Gasteiger partial charge in [0.15, 0.2) is 0 Å². The van der Waals surface area contributed by atoms with Gasteiger partial charge in [0.2, 0.25) is 0 Å². The van der Waals surface area contributed by atoms with Crippen molar-refractivity contribution in [3.63, 3.8) is 0 Å². The Labute approximate surface area is 131 Å². The molecule has 1 spiro atoms. The van der Waals surface area contributed by atoms with Crippen LogP contribution in [0.3, 0.4) is 0 Å². The molecule has 21 heavy (non-hydrogen) atoms. The number of nitrogens with zero attached hydrogens (tertiary/aromatic N) is 2. The molecule has 0 N–H and O–H groups in total. The van der Waals surface area contributed by atoms with Crippen molar-refractivity contribution in [3.8, 4) is 11.8 Å². The quantitative estimate of drug-likeness (QED) is 0.744. The third-order valence-corrected chi connectivity index (χ3v) is 5.14. The first-order valence-corrected chi connectivity index (χ1v) is 8.44. The Balaban J connectivity index is 1.91. The molecule has 0 aromatic heterocycles. The van der Waals surface area contributed by atoms with Crippen LogP contribution in [0.5, 0.6) is 0 Å². The summed E-state index contributed by atoms with van der Waals surface area (Å²) < 4.78 is 6.05. The molecule has 0 bridgehead atoms. The maximum Gasteiger partial charge on any atom is 0.0657 e. The van der Waals surface area contributed by atoms with Gasteiger partial charge in [-0.2, -0.15) is 0 Å². The zero-order chi connectivity index (χ0) is 15.3. The van der Waals surface area contributed by atoms with Gasteiger partial charge in [0.25, 0.3) is 0 Å². The highest BCUT2D eigenvalue weighted by molar-refractivity contribution is 5.04. The van der Waals surface area contributed by atoms with E-state index in [9.17, 15) is 0 Å². The van der Waals surface area contributed by atoms with Gasteiger partial charge in [-0.05, 0) is 65.1 Å². The summed E-state index contributed by atoms with van der Waals surface area (Å²) in [6, 6.07) is 0. The summed E-state index contributed by atoms with van der Waals surface area (Å²) in [4.78, 5) is 4.68.